The van der Waals surface area contributed by atoms with E-state index in [1.165, 1.54) is 16.9 Å². The third kappa shape index (κ3) is 2.10. The lowest BCUT2D eigenvalue weighted by Gasteiger charge is -2.41. The Morgan fingerprint density at radius 2 is 2.22 bits per heavy atom. The van der Waals surface area contributed by atoms with E-state index in [1.807, 2.05) is 12.1 Å². The van der Waals surface area contributed by atoms with Crippen LogP contribution in [0.25, 0.3) is 0 Å². The van der Waals surface area contributed by atoms with E-state index in [0.717, 1.165) is 23.9 Å². The zero-order chi connectivity index (χ0) is 12.6. The highest BCUT2D eigenvalue weighted by molar-refractivity contribution is 9.09. The maximum Gasteiger partial charge on any atom is 0.228 e. The van der Waals surface area contributed by atoms with Gasteiger partial charge in [-0.3, -0.25) is 4.79 Å². The van der Waals surface area contributed by atoms with E-state index in [0.29, 0.717) is 0 Å². The van der Waals surface area contributed by atoms with Crippen molar-refractivity contribution >= 4 is 33.6 Å². The maximum atomic E-state index is 12.4. The summed E-state index contributed by atoms with van der Waals surface area (Å²) in [5.74, 6) is 1.11. The lowest BCUT2D eigenvalue weighted by atomic mass is 9.78. The quantitative estimate of drug-likeness (QED) is 0.864. The number of hydrogen-bond donors (Lipinski definition) is 1. The van der Waals surface area contributed by atoms with Crippen molar-refractivity contribution in [2.45, 2.75) is 35.6 Å². The molecule has 0 bridgehead atoms. The largest absolute Gasteiger partial charge is 0.349 e. The van der Waals surface area contributed by atoms with Gasteiger partial charge in [0.1, 0.15) is 0 Å². The van der Waals surface area contributed by atoms with Crippen molar-refractivity contribution in [2.75, 3.05) is 11.1 Å². The predicted molar refractivity (Wildman–Crippen MR) is 78.4 cm³/mol. The van der Waals surface area contributed by atoms with Gasteiger partial charge in [0.05, 0.1) is 5.92 Å². The molecule has 1 aromatic rings. The molecule has 0 radical (unpaired) electrons. The number of hydrogen-bond acceptors (Lipinski definition) is 2. The number of amides is 1. The van der Waals surface area contributed by atoms with Gasteiger partial charge in [0.2, 0.25) is 5.91 Å². The number of alkyl halides is 1. The molecule has 3 rings (SSSR count). The predicted octanol–water partition coefficient (Wildman–Crippen LogP) is 3.31. The molecule has 0 saturated heterocycles. The van der Waals surface area contributed by atoms with Gasteiger partial charge in [-0.25, -0.2) is 0 Å². The van der Waals surface area contributed by atoms with E-state index >= 15 is 0 Å². The molecule has 1 aromatic carbocycles. The van der Waals surface area contributed by atoms with E-state index < -0.39 is 0 Å². The van der Waals surface area contributed by atoms with Gasteiger partial charge in [-0.2, -0.15) is 0 Å². The van der Waals surface area contributed by atoms with E-state index in [9.17, 15) is 4.79 Å². The first-order valence-corrected chi connectivity index (χ1v) is 8.44. The van der Waals surface area contributed by atoms with Crippen LogP contribution < -0.4 is 5.32 Å². The van der Waals surface area contributed by atoms with Crippen molar-refractivity contribution in [2.24, 2.45) is 0 Å². The molecule has 1 saturated carbocycles. The van der Waals surface area contributed by atoms with Crippen LogP contribution in [0.5, 0.6) is 0 Å². The van der Waals surface area contributed by atoms with Crippen LogP contribution >= 0.6 is 27.7 Å². The molecule has 2 nitrogen and oxygen atoms in total. The summed E-state index contributed by atoms with van der Waals surface area (Å²) in [4.78, 5) is 13.7. The smallest absolute Gasteiger partial charge is 0.228 e. The van der Waals surface area contributed by atoms with Crippen LogP contribution in [-0.2, 0) is 4.79 Å². The van der Waals surface area contributed by atoms with Gasteiger partial charge in [-0.1, -0.05) is 34.1 Å². The van der Waals surface area contributed by atoms with Crippen molar-refractivity contribution in [3.05, 3.63) is 29.8 Å². The number of rotatable bonds is 3. The van der Waals surface area contributed by atoms with Crippen LogP contribution in [0.15, 0.2) is 29.2 Å². The minimum absolute atomic E-state index is 0.0271. The second-order valence-electron chi connectivity index (χ2n) is 5.16. The monoisotopic (exact) mass is 325 g/mol. The summed E-state index contributed by atoms with van der Waals surface area (Å²) in [7, 11) is 0. The fourth-order valence-corrected chi connectivity index (χ4v) is 4.55. The average molecular weight is 326 g/mol. The van der Waals surface area contributed by atoms with Gasteiger partial charge in [0.15, 0.2) is 0 Å². The van der Waals surface area contributed by atoms with Crippen molar-refractivity contribution in [3.8, 4) is 0 Å². The summed E-state index contributed by atoms with van der Waals surface area (Å²) in [5, 5.41) is 4.13. The zero-order valence-corrected chi connectivity index (χ0v) is 12.5. The Kier molecular flexibility index (Phi) is 3.41. The Balaban J connectivity index is 1.75. The molecular formula is C14H16BrNOS. The topological polar surface area (TPSA) is 29.1 Å². The minimum atomic E-state index is 0.0271. The molecule has 1 fully saturated rings. The standard InChI is InChI=1S/C14H16BrNOS/c15-9-14(6-3-7-14)16-13(17)11-8-18-12-5-2-1-4-10(11)12/h1-2,4-5,11H,3,6-9H2,(H,16,17). The highest BCUT2D eigenvalue weighted by Gasteiger charge is 2.40. The molecule has 1 atom stereocenters. The molecule has 96 valence electrons. The van der Waals surface area contributed by atoms with Crippen LogP contribution in [0.4, 0.5) is 0 Å². The van der Waals surface area contributed by atoms with Crippen molar-refractivity contribution < 1.29 is 4.79 Å². The molecular weight excluding hydrogens is 310 g/mol. The van der Waals surface area contributed by atoms with Gasteiger partial charge in [0, 0.05) is 21.5 Å². The fourth-order valence-electron chi connectivity index (χ4n) is 2.62. The minimum Gasteiger partial charge on any atom is -0.349 e. The van der Waals surface area contributed by atoms with Crippen molar-refractivity contribution in [1.29, 1.82) is 0 Å². The molecule has 1 amide bonds. The lowest BCUT2D eigenvalue weighted by Crippen LogP contribution is -2.56. The Bertz CT molecular complexity index is 467. The Morgan fingerprint density at radius 1 is 1.44 bits per heavy atom. The summed E-state index contributed by atoms with van der Waals surface area (Å²) in [6.07, 6.45) is 3.43. The number of nitrogens with one attached hydrogen (secondary N) is 1. The molecule has 1 heterocycles. The summed E-state index contributed by atoms with van der Waals surface area (Å²) in [5.41, 5.74) is 1.23. The summed E-state index contributed by atoms with van der Waals surface area (Å²) >= 11 is 5.32. The van der Waals surface area contributed by atoms with E-state index in [-0.39, 0.29) is 17.4 Å². The summed E-state index contributed by atoms with van der Waals surface area (Å²) in [6, 6.07) is 8.25. The number of halogens is 1. The second-order valence-corrected chi connectivity index (χ2v) is 6.78. The van der Waals surface area contributed by atoms with Gasteiger partial charge >= 0.3 is 0 Å². The van der Waals surface area contributed by atoms with Crippen LogP contribution in [0, 0.1) is 0 Å². The first-order valence-electron chi connectivity index (χ1n) is 6.34. The zero-order valence-electron chi connectivity index (χ0n) is 10.1. The highest BCUT2D eigenvalue weighted by atomic mass is 79.9. The normalized spacial score (nSPS) is 24.2. The molecule has 2 aliphatic rings. The molecule has 18 heavy (non-hydrogen) atoms. The van der Waals surface area contributed by atoms with Crippen LogP contribution in [0.3, 0.4) is 0 Å². The second kappa shape index (κ2) is 4.89. The number of fused-ring (bicyclic) bond motifs is 1. The number of benzene rings is 1. The van der Waals surface area contributed by atoms with E-state index in [1.54, 1.807) is 11.8 Å². The van der Waals surface area contributed by atoms with Gasteiger partial charge in [-0.05, 0) is 30.9 Å². The molecule has 1 N–H and O–H groups in total. The fraction of sp³-hybridized carbons (Fsp3) is 0.500. The average Bonchev–Trinajstić information content (AvgIpc) is 2.77. The van der Waals surface area contributed by atoms with Crippen LogP contribution in [-0.4, -0.2) is 22.5 Å². The van der Waals surface area contributed by atoms with Crippen molar-refractivity contribution in [1.82, 2.24) is 5.32 Å². The summed E-state index contributed by atoms with van der Waals surface area (Å²) < 4.78 is 0. The first kappa shape index (κ1) is 12.5. The van der Waals surface area contributed by atoms with Crippen molar-refractivity contribution in [3.63, 3.8) is 0 Å². The van der Waals surface area contributed by atoms with Gasteiger partial charge in [-0.15, -0.1) is 11.8 Å². The molecule has 1 unspecified atom stereocenters. The first-order chi connectivity index (χ1) is 8.74. The Labute approximate surface area is 120 Å². The number of thioether (sulfide) groups is 1. The molecule has 0 spiro atoms. The molecule has 1 aliphatic heterocycles. The third-order valence-electron chi connectivity index (χ3n) is 3.97. The van der Waals surface area contributed by atoms with Gasteiger partial charge in [0.25, 0.3) is 0 Å². The number of carbonyl (C=O) groups excluding carboxylic acids is 1. The third-order valence-corrected chi connectivity index (χ3v) is 6.23. The Hall–Kier alpha value is -0.480. The molecule has 4 heteroatoms. The van der Waals surface area contributed by atoms with Crippen LogP contribution in [0.1, 0.15) is 30.7 Å². The Morgan fingerprint density at radius 3 is 2.89 bits per heavy atom. The highest BCUT2D eigenvalue weighted by Crippen LogP contribution is 2.41. The summed E-state index contributed by atoms with van der Waals surface area (Å²) in [6.45, 7) is 0. The maximum absolute atomic E-state index is 12.4. The molecule has 1 aliphatic carbocycles. The number of carbonyl (C=O) groups is 1. The van der Waals surface area contributed by atoms with E-state index in [4.69, 9.17) is 0 Å². The van der Waals surface area contributed by atoms with Crippen LogP contribution in [0.2, 0.25) is 0 Å². The van der Waals surface area contributed by atoms with E-state index in [2.05, 4.69) is 33.4 Å². The lowest BCUT2D eigenvalue weighted by molar-refractivity contribution is -0.124. The van der Waals surface area contributed by atoms with Gasteiger partial charge < -0.3 is 5.32 Å². The SMILES string of the molecule is O=C(NC1(CBr)CCC1)C1CSc2ccccc21. The molecule has 0 aromatic heterocycles.